The molecule has 0 aromatic rings. The number of carbonyl (C=O) groups excluding carboxylic acids is 1. The van der Waals surface area contributed by atoms with Gasteiger partial charge in [0.2, 0.25) is 10.0 Å². The minimum atomic E-state index is -3.10. The highest BCUT2D eigenvalue weighted by Crippen LogP contribution is 2.13. The quantitative estimate of drug-likeness (QED) is 0.413. The van der Waals surface area contributed by atoms with Gasteiger partial charge in [0.25, 0.3) is 0 Å². The third-order valence-electron chi connectivity index (χ3n) is 4.79. The Labute approximate surface area is 182 Å². The monoisotopic (exact) mass is 447 g/mol. The zero-order chi connectivity index (χ0) is 22.9. The maximum atomic E-state index is 12.1. The molecule has 1 rings (SSSR count). The molecule has 1 aliphatic heterocycles. The lowest BCUT2D eigenvalue weighted by molar-refractivity contribution is 0.0485. The van der Waals surface area contributed by atoms with Crippen LogP contribution in [0.2, 0.25) is 0 Å². The first-order chi connectivity index (χ1) is 13.9. The molecule has 1 unspecified atom stereocenters. The Bertz CT molecular complexity index is 673. The van der Waals surface area contributed by atoms with Crippen LogP contribution in [0.15, 0.2) is 4.99 Å². The van der Waals surface area contributed by atoms with Gasteiger partial charge in [-0.3, -0.25) is 4.99 Å². The van der Waals surface area contributed by atoms with Crippen LogP contribution < -0.4 is 10.6 Å². The number of hydrogen-bond donors (Lipinski definition) is 2. The molecular formula is C20H41N5O4S. The molecule has 1 amide bonds. The third-order valence-corrected chi connectivity index (χ3v) is 6.75. The van der Waals surface area contributed by atoms with E-state index in [4.69, 9.17) is 4.74 Å². The first kappa shape index (κ1) is 26.5. The van der Waals surface area contributed by atoms with E-state index >= 15 is 0 Å². The summed E-state index contributed by atoms with van der Waals surface area (Å²) in [5.74, 6) is 1.22. The molecule has 0 radical (unpaired) electrons. The van der Waals surface area contributed by atoms with E-state index in [1.165, 1.54) is 4.31 Å². The van der Waals surface area contributed by atoms with E-state index in [1.807, 2.05) is 39.6 Å². The summed E-state index contributed by atoms with van der Waals surface area (Å²) in [5.41, 5.74) is -0.532. The summed E-state index contributed by atoms with van der Waals surface area (Å²) in [6, 6.07) is -0.0279. The predicted molar refractivity (Wildman–Crippen MR) is 121 cm³/mol. The molecule has 0 bridgehead atoms. The third kappa shape index (κ3) is 9.51. The van der Waals surface area contributed by atoms with Gasteiger partial charge in [-0.1, -0.05) is 13.8 Å². The fourth-order valence-electron chi connectivity index (χ4n) is 3.15. The number of rotatable bonds is 9. The molecule has 176 valence electrons. The number of nitrogens with one attached hydrogen (secondary N) is 2. The van der Waals surface area contributed by atoms with E-state index in [2.05, 4.69) is 29.5 Å². The van der Waals surface area contributed by atoms with Crippen LogP contribution in [0, 0.1) is 5.92 Å². The van der Waals surface area contributed by atoms with Crippen molar-refractivity contribution < 1.29 is 17.9 Å². The maximum absolute atomic E-state index is 12.1. The Balaban J connectivity index is 2.62. The standard InChI is InChI=1S/C20H41N5O4S/c1-8-21-18(22-11-14-25-12-9-15-30(25,27)28)24(7)13-10-17(16(2)3)23-19(26)29-20(4,5)6/h16-17H,8-15H2,1-7H3,(H,21,22)(H,23,26). The van der Waals surface area contributed by atoms with Crippen LogP contribution >= 0.6 is 0 Å². The smallest absolute Gasteiger partial charge is 0.407 e. The largest absolute Gasteiger partial charge is 0.444 e. The molecule has 1 atom stereocenters. The van der Waals surface area contributed by atoms with Crippen LogP contribution in [0.3, 0.4) is 0 Å². The van der Waals surface area contributed by atoms with Crippen LogP contribution in [-0.4, -0.2) is 86.8 Å². The zero-order valence-corrected chi connectivity index (χ0v) is 20.5. The fraction of sp³-hybridized carbons (Fsp3) is 0.900. The minimum absolute atomic E-state index is 0.0279. The number of sulfonamides is 1. The minimum Gasteiger partial charge on any atom is -0.444 e. The van der Waals surface area contributed by atoms with E-state index < -0.39 is 21.7 Å². The van der Waals surface area contributed by atoms with Crippen molar-refractivity contribution in [3.63, 3.8) is 0 Å². The number of hydrogen-bond acceptors (Lipinski definition) is 5. The number of ether oxygens (including phenoxy) is 1. The lowest BCUT2D eigenvalue weighted by Crippen LogP contribution is -2.45. The van der Waals surface area contributed by atoms with Gasteiger partial charge in [0.15, 0.2) is 5.96 Å². The second-order valence-electron chi connectivity index (χ2n) is 9.01. The van der Waals surface area contributed by atoms with Crippen molar-refractivity contribution in [3.05, 3.63) is 0 Å². The van der Waals surface area contributed by atoms with Crippen LogP contribution in [0.25, 0.3) is 0 Å². The normalized spacial score (nSPS) is 18.3. The molecule has 0 aromatic carbocycles. The van der Waals surface area contributed by atoms with E-state index in [0.717, 1.165) is 18.9 Å². The number of aliphatic imine (C=N–C) groups is 1. The summed E-state index contributed by atoms with van der Waals surface area (Å²) in [7, 11) is -1.15. The molecule has 0 spiro atoms. The SMILES string of the molecule is CCNC(=NCCN1CCCS1(=O)=O)N(C)CCC(NC(=O)OC(C)(C)C)C(C)C. The molecule has 9 nitrogen and oxygen atoms in total. The first-order valence-corrected chi connectivity index (χ1v) is 12.4. The van der Waals surface area contributed by atoms with E-state index in [1.54, 1.807) is 0 Å². The lowest BCUT2D eigenvalue weighted by Gasteiger charge is -2.28. The van der Waals surface area contributed by atoms with Crippen molar-refractivity contribution in [2.24, 2.45) is 10.9 Å². The summed E-state index contributed by atoms with van der Waals surface area (Å²) >= 11 is 0. The van der Waals surface area contributed by atoms with Crippen molar-refractivity contribution in [1.82, 2.24) is 19.8 Å². The van der Waals surface area contributed by atoms with Crippen LogP contribution in [0.5, 0.6) is 0 Å². The molecule has 2 N–H and O–H groups in total. The van der Waals surface area contributed by atoms with Crippen molar-refractivity contribution in [2.45, 2.75) is 66.0 Å². The number of nitrogens with zero attached hydrogens (tertiary/aromatic N) is 3. The van der Waals surface area contributed by atoms with Gasteiger partial charge in [-0.15, -0.1) is 0 Å². The molecule has 1 saturated heterocycles. The van der Waals surface area contributed by atoms with Gasteiger partial charge >= 0.3 is 6.09 Å². The number of amides is 1. The fourth-order valence-corrected chi connectivity index (χ4v) is 4.67. The summed E-state index contributed by atoms with van der Waals surface area (Å²) in [5, 5.41) is 6.22. The molecule has 30 heavy (non-hydrogen) atoms. The van der Waals surface area contributed by atoms with E-state index in [-0.39, 0.29) is 17.7 Å². The highest BCUT2D eigenvalue weighted by Gasteiger charge is 2.27. The van der Waals surface area contributed by atoms with Crippen molar-refractivity contribution in [2.75, 3.05) is 45.5 Å². The predicted octanol–water partition coefficient (Wildman–Crippen LogP) is 1.86. The van der Waals surface area contributed by atoms with E-state index in [0.29, 0.717) is 32.6 Å². The molecule has 1 fully saturated rings. The molecule has 0 aromatic heterocycles. The molecule has 0 saturated carbocycles. The number of carbonyl (C=O) groups is 1. The summed E-state index contributed by atoms with van der Waals surface area (Å²) in [6.07, 6.45) is 1.02. The molecule has 0 aliphatic carbocycles. The molecule has 10 heteroatoms. The highest BCUT2D eigenvalue weighted by molar-refractivity contribution is 7.89. The van der Waals surface area contributed by atoms with Gasteiger partial charge in [0.1, 0.15) is 5.60 Å². The average Bonchev–Trinajstić information content (AvgIpc) is 2.94. The van der Waals surface area contributed by atoms with Crippen molar-refractivity contribution in [1.29, 1.82) is 0 Å². The van der Waals surface area contributed by atoms with Crippen molar-refractivity contribution in [3.8, 4) is 0 Å². The Kier molecular flexibility index (Phi) is 10.4. The summed E-state index contributed by atoms with van der Waals surface area (Å²) < 4.78 is 30.7. The Hall–Kier alpha value is -1.55. The highest BCUT2D eigenvalue weighted by atomic mass is 32.2. The summed E-state index contributed by atoms with van der Waals surface area (Å²) in [4.78, 5) is 18.7. The molecule has 1 heterocycles. The van der Waals surface area contributed by atoms with E-state index in [9.17, 15) is 13.2 Å². The first-order valence-electron chi connectivity index (χ1n) is 10.8. The summed E-state index contributed by atoms with van der Waals surface area (Å²) in [6.45, 7) is 14.5. The second kappa shape index (κ2) is 11.7. The van der Waals surface area contributed by atoms with Crippen LogP contribution in [-0.2, 0) is 14.8 Å². The second-order valence-corrected chi connectivity index (χ2v) is 11.1. The van der Waals surface area contributed by atoms with Gasteiger partial charge in [-0.2, -0.15) is 0 Å². The Morgan fingerprint density at radius 2 is 1.97 bits per heavy atom. The van der Waals surface area contributed by atoms with Gasteiger partial charge in [-0.05, 0) is 46.5 Å². The molecular weight excluding hydrogens is 406 g/mol. The Morgan fingerprint density at radius 3 is 2.47 bits per heavy atom. The van der Waals surface area contributed by atoms with Gasteiger partial charge in [0, 0.05) is 39.3 Å². The topological polar surface area (TPSA) is 103 Å². The lowest BCUT2D eigenvalue weighted by atomic mass is 10.0. The van der Waals surface area contributed by atoms with Crippen LogP contribution in [0.1, 0.15) is 54.4 Å². The van der Waals surface area contributed by atoms with Crippen LogP contribution in [0.4, 0.5) is 4.79 Å². The Morgan fingerprint density at radius 1 is 1.30 bits per heavy atom. The zero-order valence-electron chi connectivity index (χ0n) is 19.7. The maximum Gasteiger partial charge on any atom is 0.407 e. The number of guanidine groups is 1. The average molecular weight is 448 g/mol. The number of alkyl carbamates (subject to hydrolysis) is 1. The van der Waals surface area contributed by atoms with Gasteiger partial charge < -0.3 is 20.3 Å². The molecule has 1 aliphatic rings. The van der Waals surface area contributed by atoms with Gasteiger partial charge in [0.05, 0.1) is 12.3 Å². The van der Waals surface area contributed by atoms with Gasteiger partial charge in [-0.25, -0.2) is 17.5 Å². The van der Waals surface area contributed by atoms with Crippen molar-refractivity contribution >= 4 is 22.1 Å².